The Morgan fingerprint density at radius 1 is 1.03 bits per heavy atom. The van der Waals surface area contributed by atoms with E-state index in [2.05, 4.69) is 10.3 Å². The number of rotatable bonds is 8. The smallest absolute Gasteiger partial charge is 0.262 e. The van der Waals surface area contributed by atoms with Gasteiger partial charge in [-0.3, -0.25) is 9.59 Å². The summed E-state index contributed by atoms with van der Waals surface area (Å²) in [4.78, 5) is 32.3. The number of fused-ring (bicyclic) bond motifs is 1. The number of likely N-dealkylation sites (tertiary alicyclic amines) is 1. The molecule has 1 atom stereocenters. The first-order chi connectivity index (χ1) is 17.2. The van der Waals surface area contributed by atoms with Crippen molar-refractivity contribution in [3.63, 3.8) is 0 Å². The molecule has 1 aliphatic heterocycles. The zero-order valence-electron chi connectivity index (χ0n) is 19.5. The molecule has 6 nitrogen and oxygen atoms in total. The molecular weight excluding hydrogens is 458 g/mol. The molecule has 5 rings (SSSR count). The molecule has 2 amide bonds. The van der Waals surface area contributed by atoms with Crippen molar-refractivity contribution < 1.29 is 14.3 Å². The zero-order chi connectivity index (χ0) is 24.0. The molecule has 1 unspecified atom stereocenters. The Morgan fingerprint density at radius 2 is 1.80 bits per heavy atom. The van der Waals surface area contributed by atoms with Crippen LogP contribution in [0.4, 0.5) is 0 Å². The van der Waals surface area contributed by atoms with Gasteiger partial charge in [-0.1, -0.05) is 42.5 Å². The summed E-state index contributed by atoms with van der Waals surface area (Å²) in [6, 6.07) is 20.9. The molecule has 35 heavy (non-hydrogen) atoms. The predicted octanol–water partition coefficient (Wildman–Crippen LogP) is 4.89. The van der Waals surface area contributed by atoms with Crippen molar-refractivity contribution in [2.24, 2.45) is 5.92 Å². The normalized spacial score (nSPS) is 15.1. The molecule has 0 aliphatic carbocycles. The van der Waals surface area contributed by atoms with Gasteiger partial charge >= 0.3 is 0 Å². The molecule has 1 fully saturated rings. The van der Waals surface area contributed by atoms with Crippen molar-refractivity contribution in [2.75, 3.05) is 19.7 Å². The van der Waals surface area contributed by atoms with Crippen LogP contribution in [0.25, 0.3) is 10.9 Å². The zero-order valence-corrected chi connectivity index (χ0v) is 20.3. The summed E-state index contributed by atoms with van der Waals surface area (Å²) >= 11 is 1.38. The van der Waals surface area contributed by atoms with Gasteiger partial charge in [0.15, 0.2) is 0 Å². The van der Waals surface area contributed by atoms with Crippen molar-refractivity contribution in [1.29, 1.82) is 0 Å². The number of carbonyl (C=O) groups is 2. The second kappa shape index (κ2) is 10.8. The molecule has 3 heterocycles. The number of carbonyl (C=O) groups excluding carboxylic acids is 2. The number of amides is 2. The van der Waals surface area contributed by atoms with Gasteiger partial charge in [0, 0.05) is 36.6 Å². The van der Waals surface area contributed by atoms with Gasteiger partial charge in [-0.05, 0) is 54.0 Å². The fourth-order valence-electron chi connectivity index (χ4n) is 4.63. The van der Waals surface area contributed by atoms with E-state index in [1.165, 1.54) is 11.3 Å². The summed E-state index contributed by atoms with van der Waals surface area (Å²) in [6.45, 7) is 1.99. The summed E-state index contributed by atoms with van der Waals surface area (Å²) in [5.41, 5.74) is 2.05. The fraction of sp³-hybridized carbons (Fsp3) is 0.286. The molecule has 2 N–H and O–H groups in total. The van der Waals surface area contributed by atoms with Crippen LogP contribution >= 0.6 is 11.3 Å². The van der Waals surface area contributed by atoms with Crippen LogP contribution in [0.5, 0.6) is 5.75 Å². The van der Waals surface area contributed by atoms with Gasteiger partial charge in [0.05, 0.1) is 11.5 Å². The van der Waals surface area contributed by atoms with Crippen LogP contribution in [-0.4, -0.2) is 47.4 Å². The minimum Gasteiger partial charge on any atom is -0.493 e. The second-order valence-electron chi connectivity index (χ2n) is 8.96. The molecule has 180 valence electrons. The van der Waals surface area contributed by atoms with Gasteiger partial charge in [0.1, 0.15) is 11.8 Å². The summed E-state index contributed by atoms with van der Waals surface area (Å²) in [6.07, 6.45) is 4.15. The van der Waals surface area contributed by atoms with Gasteiger partial charge in [-0.15, -0.1) is 11.3 Å². The van der Waals surface area contributed by atoms with E-state index in [9.17, 15) is 9.59 Å². The molecule has 2 aromatic carbocycles. The molecule has 0 saturated carbocycles. The first-order valence-electron chi connectivity index (χ1n) is 12.0. The number of thiophene rings is 1. The molecule has 1 saturated heterocycles. The van der Waals surface area contributed by atoms with Crippen molar-refractivity contribution >= 4 is 34.1 Å². The number of para-hydroxylation sites is 2. The summed E-state index contributed by atoms with van der Waals surface area (Å²) < 4.78 is 5.93. The van der Waals surface area contributed by atoms with Gasteiger partial charge < -0.3 is 19.9 Å². The molecule has 0 radical (unpaired) electrons. The van der Waals surface area contributed by atoms with E-state index in [1.54, 1.807) is 6.07 Å². The van der Waals surface area contributed by atoms with Gasteiger partial charge in [0.2, 0.25) is 5.91 Å². The second-order valence-corrected chi connectivity index (χ2v) is 9.91. The Labute approximate surface area is 208 Å². The van der Waals surface area contributed by atoms with Crippen molar-refractivity contribution in [2.45, 2.75) is 25.3 Å². The van der Waals surface area contributed by atoms with Gasteiger partial charge in [-0.2, -0.15) is 0 Å². The van der Waals surface area contributed by atoms with E-state index in [0.717, 1.165) is 35.1 Å². The maximum atomic E-state index is 13.6. The lowest BCUT2D eigenvalue weighted by atomic mass is 9.96. The number of nitrogens with zero attached hydrogens (tertiary/aromatic N) is 1. The summed E-state index contributed by atoms with van der Waals surface area (Å²) in [5, 5.41) is 5.96. The summed E-state index contributed by atoms with van der Waals surface area (Å²) in [5.74, 6) is 1.06. The van der Waals surface area contributed by atoms with Crippen LogP contribution in [0, 0.1) is 5.92 Å². The average Bonchev–Trinajstić information content (AvgIpc) is 3.59. The number of aromatic amines is 1. The van der Waals surface area contributed by atoms with Gasteiger partial charge in [0.25, 0.3) is 5.91 Å². The number of piperidine rings is 1. The van der Waals surface area contributed by atoms with E-state index in [4.69, 9.17) is 4.74 Å². The van der Waals surface area contributed by atoms with E-state index < -0.39 is 6.04 Å². The number of nitrogens with one attached hydrogen (secondary N) is 2. The standard InChI is InChI=1S/C28H29N3O3S/c32-27(26-11-6-16-35-26)30-25(17-21-18-29-24-10-5-4-9-23(21)24)28(33)31-14-12-20(13-15-31)19-34-22-7-2-1-3-8-22/h1-11,16,18,20,25,29H,12-15,17,19H2,(H,30,32). The first-order valence-corrected chi connectivity index (χ1v) is 12.9. The fourth-order valence-corrected chi connectivity index (χ4v) is 5.26. The third kappa shape index (κ3) is 5.57. The molecule has 0 spiro atoms. The Kier molecular flexibility index (Phi) is 7.14. The van der Waals surface area contributed by atoms with Crippen LogP contribution in [0.1, 0.15) is 28.1 Å². The Balaban J connectivity index is 1.25. The quantitative estimate of drug-likeness (QED) is 0.372. The predicted molar refractivity (Wildman–Crippen MR) is 139 cm³/mol. The number of hydrogen-bond donors (Lipinski definition) is 2. The Hall–Kier alpha value is -3.58. The highest BCUT2D eigenvalue weighted by molar-refractivity contribution is 7.12. The molecule has 0 bridgehead atoms. The third-order valence-electron chi connectivity index (χ3n) is 6.60. The maximum Gasteiger partial charge on any atom is 0.262 e. The number of benzene rings is 2. The average molecular weight is 488 g/mol. The van der Waals surface area contributed by atoms with E-state index in [0.29, 0.717) is 36.9 Å². The maximum absolute atomic E-state index is 13.6. The largest absolute Gasteiger partial charge is 0.493 e. The lowest BCUT2D eigenvalue weighted by Crippen LogP contribution is -2.51. The van der Waals surface area contributed by atoms with Crippen molar-refractivity contribution in [3.8, 4) is 5.75 Å². The number of aromatic nitrogens is 1. The molecule has 2 aromatic heterocycles. The van der Waals surface area contributed by atoms with Crippen LogP contribution in [0.3, 0.4) is 0 Å². The van der Waals surface area contributed by atoms with E-state index >= 15 is 0 Å². The van der Waals surface area contributed by atoms with Crippen LogP contribution < -0.4 is 10.1 Å². The van der Waals surface area contributed by atoms with Crippen molar-refractivity contribution in [3.05, 3.63) is 88.7 Å². The third-order valence-corrected chi connectivity index (χ3v) is 7.47. The van der Waals surface area contributed by atoms with Crippen LogP contribution in [0.15, 0.2) is 78.3 Å². The lowest BCUT2D eigenvalue weighted by molar-refractivity contribution is -0.134. The molecule has 1 aliphatic rings. The number of H-pyrrole nitrogens is 1. The SMILES string of the molecule is O=C(NC(Cc1c[nH]c2ccccc12)C(=O)N1CCC(COc2ccccc2)CC1)c1cccs1. The summed E-state index contributed by atoms with van der Waals surface area (Å²) in [7, 11) is 0. The topological polar surface area (TPSA) is 74.4 Å². The van der Waals surface area contributed by atoms with Gasteiger partial charge in [-0.25, -0.2) is 0 Å². The Bertz CT molecular complexity index is 1260. The monoisotopic (exact) mass is 487 g/mol. The van der Waals surface area contributed by atoms with Crippen LogP contribution in [-0.2, 0) is 11.2 Å². The minimum absolute atomic E-state index is 0.0254. The van der Waals surface area contributed by atoms with Crippen molar-refractivity contribution in [1.82, 2.24) is 15.2 Å². The van der Waals surface area contributed by atoms with E-state index in [1.807, 2.05) is 77.1 Å². The molecule has 7 heteroatoms. The number of ether oxygens (including phenoxy) is 1. The molecular formula is C28H29N3O3S. The highest BCUT2D eigenvalue weighted by Gasteiger charge is 2.30. The number of hydrogen-bond acceptors (Lipinski definition) is 4. The minimum atomic E-state index is -0.624. The van der Waals surface area contributed by atoms with Crippen LogP contribution in [0.2, 0.25) is 0 Å². The van der Waals surface area contributed by atoms with E-state index in [-0.39, 0.29) is 11.8 Å². The molecule has 4 aromatic rings. The Morgan fingerprint density at radius 3 is 2.57 bits per heavy atom. The highest BCUT2D eigenvalue weighted by atomic mass is 32.1. The first kappa shape index (κ1) is 23.2. The lowest BCUT2D eigenvalue weighted by Gasteiger charge is -2.34. The highest BCUT2D eigenvalue weighted by Crippen LogP contribution is 2.23.